The lowest BCUT2D eigenvalue weighted by Gasteiger charge is -2.08. The zero-order valence-electron chi connectivity index (χ0n) is 7.12. The van der Waals surface area contributed by atoms with E-state index in [0.29, 0.717) is 5.69 Å². The number of nitriles is 1. The highest BCUT2D eigenvalue weighted by atomic mass is 15.5. The van der Waals surface area contributed by atoms with E-state index in [-0.39, 0.29) is 5.95 Å². The van der Waals surface area contributed by atoms with Crippen molar-refractivity contribution in [1.82, 2.24) is 20.6 Å². The molecule has 1 aromatic carbocycles. The molecule has 0 fully saturated rings. The number of anilines is 2. The summed E-state index contributed by atoms with van der Waals surface area (Å²) in [5.74, 6) is 0.235. The van der Waals surface area contributed by atoms with Gasteiger partial charge in [-0.3, -0.25) is 0 Å². The summed E-state index contributed by atoms with van der Waals surface area (Å²) in [6.45, 7) is 0. The fraction of sp³-hybridized carbons (Fsp3) is 0. The standard InChI is InChI=1S/C8H6N6/c9-6-14(8-10-12-13-11-8)7-4-2-1-3-5-7/h1-5H,(H,10,11,12,13). The van der Waals surface area contributed by atoms with Gasteiger partial charge in [-0.05, 0) is 17.3 Å². The smallest absolute Gasteiger partial charge is 0.212 e. The summed E-state index contributed by atoms with van der Waals surface area (Å²) in [7, 11) is 0. The third kappa shape index (κ3) is 1.38. The van der Waals surface area contributed by atoms with Gasteiger partial charge in [0.1, 0.15) is 0 Å². The van der Waals surface area contributed by atoms with Crippen molar-refractivity contribution in [1.29, 1.82) is 5.26 Å². The maximum atomic E-state index is 8.91. The molecule has 0 aliphatic rings. The van der Waals surface area contributed by atoms with E-state index in [9.17, 15) is 0 Å². The van der Waals surface area contributed by atoms with Gasteiger partial charge in [-0.15, -0.1) is 5.10 Å². The first-order valence-electron chi connectivity index (χ1n) is 3.90. The molecular weight excluding hydrogens is 180 g/mol. The molecule has 2 rings (SSSR count). The minimum absolute atomic E-state index is 0.235. The number of H-pyrrole nitrogens is 1. The van der Waals surface area contributed by atoms with Gasteiger partial charge in [-0.2, -0.15) is 10.5 Å². The van der Waals surface area contributed by atoms with E-state index in [0.717, 1.165) is 0 Å². The maximum Gasteiger partial charge on any atom is 0.283 e. The monoisotopic (exact) mass is 186 g/mol. The van der Waals surface area contributed by atoms with Crippen LogP contribution in [0.3, 0.4) is 0 Å². The fourth-order valence-electron chi connectivity index (χ4n) is 1.05. The van der Waals surface area contributed by atoms with Gasteiger partial charge in [0, 0.05) is 0 Å². The van der Waals surface area contributed by atoms with Crippen LogP contribution < -0.4 is 4.90 Å². The minimum Gasteiger partial charge on any atom is -0.212 e. The largest absolute Gasteiger partial charge is 0.283 e. The third-order valence-corrected chi connectivity index (χ3v) is 1.65. The van der Waals surface area contributed by atoms with Gasteiger partial charge in [-0.25, -0.2) is 4.90 Å². The van der Waals surface area contributed by atoms with Crippen LogP contribution in [-0.4, -0.2) is 20.6 Å². The van der Waals surface area contributed by atoms with Crippen LogP contribution in [0, 0.1) is 11.5 Å². The molecule has 0 aliphatic heterocycles. The molecule has 6 heteroatoms. The summed E-state index contributed by atoms with van der Waals surface area (Å²) in [5, 5.41) is 22.0. The van der Waals surface area contributed by atoms with Gasteiger partial charge in [0.25, 0.3) is 5.95 Å². The molecule has 0 spiro atoms. The van der Waals surface area contributed by atoms with Crippen molar-refractivity contribution >= 4 is 11.6 Å². The number of nitrogens with one attached hydrogen (secondary N) is 1. The molecule has 68 valence electrons. The predicted octanol–water partition coefficient (Wildman–Crippen LogP) is 0.819. The third-order valence-electron chi connectivity index (χ3n) is 1.65. The number of rotatable bonds is 2. The Balaban J connectivity index is 2.38. The average molecular weight is 186 g/mol. The van der Waals surface area contributed by atoms with Crippen LogP contribution in [0.5, 0.6) is 0 Å². The quantitative estimate of drug-likeness (QED) is 0.554. The molecule has 6 nitrogen and oxygen atoms in total. The van der Waals surface area contributed by atoms with E-state index in [1.807, 2.05) is 24.4 Å². The Hall–Kier alpha value is -2.42. The SMILES string of the molecule is N#CN(c1ccccc1)c1nn[nH]n1. The number of hydrogen-bond acceptors (Lipinski definition) is 5. The molecule has 0 radical (unpaired) electrons. The Kier molecular flexibility index (Phi) is 2.07. The first kappa shape index (κ1) is 8.19. The lowest BCUT2D eigenvalue weighted by atomic mass is 10.3. The molecule has 1 aromatic heterocycles. The van der Waals surface area contributed by atoms with Gasteiger partial charge >= 0.3 is 0 Å². The Morgan fingerprint density at radius 1 is 1.29 bits per heavy atom. The second-order valence-electron chi connectivity index (χ2n) is 2.48. The zero-order valence-corrected chi connectivity index (χ0v) is 7.12. The van der Waals surface area contributed by atoms with E-state index in [1.54, 1.807) is 12.1 Å². The number of benzene rings is 1. The van der Waals surface area contributed by atoms with Gasteiger partial charge in [-0.1, -0.05) is 23.3 Å². The summed E-state index contributed by atoms with van der Waals surface area (Å²) >= 11 is 0. The predicted molar refractivity (Wildman–Crippen MR) is 48.4 cm³/mol. The molecular formula is C8H6N6. The Bertz CT molecular complexity index is 429. The number of aromatic amines is 1. The van der Waals surface area contributed by atoms with Crippen LogP contribution in [0.25, 0.3) is 0 Å². The van der Waals surface area contributed by atoms with Crippen LogP contribution in [0.1, 0.15) is 0 Å². The first-order chi connectivity index (χ1) is 6.92. The van der Waals surface area contributed by atoms with Crippen molar-refractivity contribution in [3.63, 3.8) is 0 Å². The average Bonchev–Trinajstić information content (AvgIpc) is 2.74. The molecule has 0 amide bonds. The minimum atomic E-state index is 0.235. The van der Waals surface area contributed by atoms with Crippen molar-refractivity contribution < 1.29 is 0 Å². The highest BCUT2D eigenvalue weighted by Crippen LogP contribution is 2.18. The fourth-order valence-corrected chi connectivity index (χ4v) is 1.05. The molecule has 0 saturated carbocycles. The maximum absolute atomic E-state index is 8.91. The summed E-state index contributed by atoms with van der Waals surface area (Å²) < 4.78 is 0. The number of para-hydroxylation sites is 1. The summed E-state index contributed by atoms with van der Waals surface area (Å²) in [6, 6.07) is 9.12. The van der Waals surface area contributed by atoms with Crippen molar-refractivity contribution in [3.8, 4) is 6.19 Å². The van der Waals surface area contributed by atoms with Crippen LogP contribution in [0.4, 0.5) is 11.6 Å². The van der Waals surface area contributed by atoms with Gasteiger partial charge in [0.05, 0.1) is 5.69 Å². The number of aromatic nitrogens is 4. The highest BCUT2D eigenvalue weighted by Gasteiger charge is 2.11. The normalized spacial score (nSPS) is 9.36. The number of tetrazole rings is 1. The topological polar surface area (TPSA) is 81.5 Å². The lowest BCUT2D eigenvalue weighted by Crippen LogP contribution is -2.10. The molecule has 0 saturated heterocycles. The Morgan fingerprint density at radius 3 is 2.64 bits per heavy atom. The molecule has 14 heavy (non-hydrogen) atoms. The number of nitrogens with zero attached hydrogens (tertiary/aromatic N) is 5. The zero-order chi connectivity index (χ0) is 9.80. The van der Waals surface area contributed by atoms with E-state index in [2.05, 4.69) is 20.6 Å². The van der Waals surface area contributed by atoms with E-state index in [1.165, 1.54) is 4.90 Å². The summed E-state index contributed by atoms with van der Waals surface area (Å²) in [6.07, 6.45) is 1.97. The Labute approximate surface area is 79.8 Å². The first-order valence-corrected chi connectivity index (χ1v) is 3.90. The highest BCUT2D eigenvalue weighted by molar-refractivity contribution is 5.60. The summed E-state index contributed by atoms with van der Waals surface area (Å²) in [4.78, 5) is 1.28. The van der Waals surface area contributed by atoms with Crippen molar-refractivity contribution in [3.05, 3.63) is 30.3 Å². The molecule has 1 N–H and O–H groups in total. The van der Waals surface area contributed by atoms with E-state index >= 15 is 0 Å². The van der Waals surface area contributed by atoms with Crippen LogP contribution in [0.15, 0.2) is 30.3 Å². The Morgan fingerprint density at radius 2 is 2.07 bits per heavy atom. The van der Waals surface area contributed by atoms with Crippen LogP contribution in [0.2, 0.25) is 0 Å². The van der Waals surface area contributed by atoms with Gasteiger partial charge in [0.2, 0.25) is 0 Å². The van der Waals surface area contributed by atoms with Crippen LogP contribution >= 0.6 is 0 Å². The van der Waals surface area contributed by atoms with Crippen molar-refractivity contribution in [2.75, 3.05) is 4.90 Å². The lowest BCUT2D eigenvalue weighted by molar-refractivity contribution is 0.881. The second-order valence-corrected chi connectivity index (χ2v) is 2.48. The van der Waals surface area contributed by atoms with E-state index in [4.69, 9.17) is 5.26 Å². The molecule has 1 heterocycles. The summed E-state index contributed by atoms with van der Waals surface area (Å²) in [5.41, 5.74) is 0.705. The van der Waals surface area contributed by atoms with E-state index < -0.39 is 0 Å². The molecule has 0 aliphatic carbocycles. The second kappa shape index (κ2) is 3.53. The van der Waals surface area contributed by atoms with Gasteiger partial charge in [0.15, 0.2) is 6.19 Å². The number of hydrogen-bond donors (Lipinski definition) is 1. The van der Waals surface area contributed by atoms with Gasteiger partial charge < -0.3 is 0 Å². The molecule has 2 aromatic rings. The van der Waals surface area contributed by atoms with Crippen molar-refractivity contribution in [2.45, 2.75) is 0 Å². The molecule has 0 atom stereocenters. The molecule has 0 bridgehead atoms. The van der Waals surface area contributed by atoms with Crippen molar-refractivity contribution in [2.24, 2.45) is 0 Å². The molecule has 0 unspecified atom stereocenters. The van der Waals surface area contributed by atoms with Crippen LogP contribution in [-0.2, 0) is 0 Å².